The van der Waals surface area contributed by atoms with Gasteiger partial charge in [0.2, 0.25) is 0 Å². The van der Waals surface area contributed by atoms with Crippen molar-refractivity contribution in [1.29, 1.82) is 0 Å². The van der Waals surface area contributed by atoms with Crippen LogP contribution in [0.3, 0.4) is 0 Å². The van der Waals surface area contributed by atoms with Crippen molar-refractivity contribution in [3.8, 4) is 34.1 Å². The SMILES string of the molecule is COc1ccc(OC)c(-c2ccc(Oc3ccc(F)cc3)cc2)c1. The van der Waals surface area contributed by atoms with Gasteiger partial charge in [-0.3, -0.25) is 0 Å². The van der Waals surface area contributed by atoms with Gasteiger partial charge in [-0.15, -0.1) is 0 Å². The van der Waals surface area contributed by atoms with Gasteiger partial charge < -0.3 is 14.2 Å². The molecule has 0 bridgehead atoms. The molecule has 24 heavy (non-hydrogen) atoms. The molecule has 0 N–H and O–H groups in total. The minimum atomic E-state index is -0.289. The van der Waals surface area contributed by atoms with Crippen molar-refractivity contribution in [2.75, 3.05) is 14.2 Å². The average molecular weight is 324 g/mol. The number of benzene rings is 3. The Balaban J connectivity index is 1.85. The van der Waals surface area contributed by atoms with Crippen LogP contribution in [0.25, 0.3) is 11.1 Å². The van der Waals surface area contributed by atoms with E-state index >= 15 is 0 Å². The Bertz CT molecular complexity index is 811. The smallest absolute Gasteiger partial charge is 0.127 e. The number of hydrogen-bond acceptors (Lipinski definition) is 3. The Kier molecular flexibility index (Phi) is 4.66. The lowest BCUT2D eigenvalue weighted by Gasteiger charge is -2.11. The highest BCUT2D eigenvalue weighted by Gasteiger charge is 2.08. The zero-order chi connectivity index (χ0) is 16.9. The second-order valence-corrected chi connectivity index (χ2v) is 5.15. The summed E-state index contributed by atoms with van der Waals surface area (Å²) in [6.45, 7) is 0. The maximum absolute atomic E-state index is 12.9. The van der Waals surface area contributed by atoms with Gasteiger partial charge in [-0.2, -0.15) is 0 Å². The molecule has 3 aromatic carbocycles. The maximum atomic E-state index is 12.9. The molecule has 0 aromatic heterocycles. The first kappa shape index (κ1) is 15.9. The number of hydrogen-bond donors (Lipinski definition) is 0. The number of methoxy groups -OCH3 is 2. The molecule has 0 amide bonds. The van der Waals surface area contributed by atoms with Gasteiger partial charge in [0.25, 0.3) is 0 Å². The van der Waals surface area contributed by atoms with Crippen molar-refractivity contribution in [3.05, 3.63) is 72.5 Å². The van der Waals surface area contributed by atoms with E-state index in [9.17, 15) is 4.39 Å². The van der Waals surface area contributed by atoms with E-state index in [2.05, 4.69) is 0 Å². The van der Waals surface area contributed by atoms with Crippen LogP contribution in [-0.4, -0.2) is 14.2 Å². The standard InChI is InChI=1S/C20H17FO3/c1-22-18-11-12-20(23-2)19(13-18)14-3-7-16(8-4-14)24-17-9-5-15(21)6-10-17/h3-13H,1-2H3. The first-order valence-corrected chi connectivity index (χ1v) is 7.45. The highest BCUT2D eigenvalue weighted by Crippen LogP contribution is 2.34. The third-order valence-electron chi connectivity index (χ3n) is 3.62. The number of halogens is 1. The summed E-state index contributed by atoms with van der Waals surface area (Å²) >= 11 is 0. The van der Waals surface area contributed by atoms with Crippen LogP contribution in [0.2, 0.25) is 0 Å². The quantitative estimate of drug-likeness (QED) is 0.637. The van der Waals surface area contributed by atoms with Gasteiger partial charge in [0.1, 0.15) is 28.8 Å². The molecular formula is C20H17FO3. The largest absolute Gasteiger partial charge is 0.497 e. The van der Waals surface area contributed by atoms with Crippen molar-refractivity contribution in [3.63, 3.8) is 0 Å². The number of rotatable bonds is 5. The molecular weight excluding hydrogens is 307 g/mol. The molecule has 3 rings (SSSR count). The van der Waals surface area contributed by atoms with Crippen LogP contribution in [-0.2, 0) is 0 Å². The van der Waals surface area contributed by atoms with E-state index in [0.717, 1.165) is 22.6 Å². The Morgan fingerprint density at radius 2 is 1.25 bits per heavy atom. The van der Waals surface area contributed by atoms with Crippen LogP contribution in [0.4, 0.5) is 4.39 Å². The van der Waals surface area contributed by atoms with Crippen molar-refractivity contribution >= 4 is 0 Å². The molecule has 0 fully saturated rings. The lowest BCUT2D eigenvalue weighted by Crippen LogP contribution is -1.90. The fraction of sp³-hybridized carbons (Fsp3) is 0.100. The minimum absolute atomic E-state index is 0.289. The first-order valence-electron chi connectivity index (χ1n) is 7.45. The van der Waals surface area contributed by atoms with E-state index in [-0.39, 0.29) is 5.82 Å². The second-order valence-electron chi connectivity index (χ2n) is 5.15. The summed E-state index contributed by atoms with van der Waals surface area (Å²) < 4.78 is 29.3. The van der Waals surface area contributed by atoms with E-state index < -0.39 is 0 Å². The van der Waals surface area contributed by atoms with Crippen molar-refractivity contribution in [2.24, 2.45) is 0 Å². The minimum Gasteiger partial charge on any atom is -0.497 e. The average Bonchev–Trinajstić information content (AvgIpc) is 2.64. The van der Waals surface area contributed by atoms with Crippen LogP contribution < -0.4 is 14.2 Å². The lowest BCUT2D eigenvalue weighted by molar-refractivity contribution is 0.404. The zero-order valence-electron chi connectivity index (χ0n) is 13.5. The Morgan fingerprint density at radius 1 is 0.667 bits per heavy atom. The van der Waals surface area contributed by atoms with E-state index in [0.29, 0.717) is 11.5 Å². The van der Waals surface area contributed by atoms with Gasteiger partial charge in [-0.25, -0.2) is 4.39 Å². The molecule has 0 radical (unpaired) electrons. The van der Waals surface area contributed by atoms with Gasteiger partial charge >= 0.3 is 0 Å². The van der Waals surface area contributed by atoms with E-state index in [1.165, 1.54) is 12.1 Å². The predicted octanol–water partition coefficient (Wildman–Crippen LogP) is 5.30. The fourth-order valence-electron chi connectivity index (χ4n) is 2.38. The molecule has 0 aliphatic heterocycles. The Hall–Kier alpha value is -3.01. The number of ether oxygens (including phenoxy) is 3. The van der Waals surface area contributed by atoms with Crippen LogP contribution >= 0.6 is 0 Å². The molecule has 0 saturated heterocycles. The predicted molar refractivity (Wildman–Crippen MR) is 91.5 cm³/mol. The molecule has 0 atom stereocenters. The molecule has 0 spiro atoms. The molecule has 3 aromatic rings. The summed E-state index contributed by atoms with van der Waals surface area (Å²) in [6, 6.07) is 19.2. The lowest BCUT2D eigenvalue weighted by atomic mass is 10.0. The zero-order valence-corrected chi connectivity index (χ0v) is 13.5. The molecule has 4 heteroatoms. The van der Waals surface area contributed by atoms with Gasteiger partial charge in [0.05, 0.1) is 14.2 Å². The normalized spacial score (nSPS) is 10.3. The van der Waals surface area contributed by atoms with Gasteiger partial charge in [0.15, 0.2) is 0 Å². The maximum Gasteiger partial charge on any atom is 0.127 e. The topological polar surface area (TPSA) is 27.7 Å². The first-order chi connectivity index (χ1) is 11.7. The second kappa shape index (κ2) is 7.04. The summed E-state index contributed by atoms with van der Waals surface area (Å²) in [6.07, 6.45) is 0. The molecule has 3 nitrogen and oxygen atoms in total. The molecule has 0 aliphatic rings. The molecule has 0 unspecified atom stereocenters. The van der Waals surface area contributed by atoms with Crippen LogP contribution in [0, 0.1) is 5.82 Å². The van der Waals surface area contributed by atoms with Crippen LogP contribution in [0.15, 0.2) is 66.7 Å². The highest BCUT2D eigenvalue weighted by molar-refractivity contribution is 5.72. The van der Waals surface area contributed by atoms with Gasteiger partial charge in [-0.05, 0) is 60.2 Å². The monoisotopic (exact) mass is 324 g/mol. The van der Waals surface area contributed by atoms with Gasteiger partial charge in [0, 0.05) is 5.56 Å². The molecule has 122 valence electrons. The third-order valence-corrected chi connectivity index (χ3v) is 3.62. The Labute approximate surface area is 140 Å². The highest BCUT2D eigenvalue weighted by atomic mass is 19.1. The van der Waals surface area contributed by atoms with Crippen molar-refractivity contribution in [2.45, 2.75) is 0 Å². The third kappa shape index (κ3) is 3.49. The van der Waals surface area contributed by atoms with Crippen molar-refractivity contribution in [1.82, 2.24) is 0 Å². The van der Waals surface area contributed by atoms with E-state index in [4.69, 9.17) is 14.2 Å². The summed E-state index contributed by atoms with van der Waals surface area (Å²) in [7, 11) is 3.27. The van der Waals surface area contributed by atoms with E-state index in [1.54, 1.807) is 26.4 Å². The molecule has 0 heterocycles. The summed E-state index contributed by atoms with van der Waals surface area (Å²) in [4.78, 5) is 0. The van der Waals surface area contributed by atoms with E-state index in [1.807, 2.05) is 42.5 Å². The van der Waals surface area contributed by atoms with Crippen molar-refractivity contribution < 1.29 is 18.6 Å². The summed E-state index contributed by atoms with van der Waals surface area (Å²) in [5, 5.41) is 0. The molecule has 0 saturated carbocycles. The summed E-state index contributed by atoms with van der Waals surface area (Å²) in [5.41, 5.74) is 1.92. The summed E-state index contributed by atoms with van der Waals surface area (Å²) in [5.74, 6) is 2.50. The van der Waals surface area contributed by atoms with Crippen LogP contribution in [0.5, 0.6) is 23.0 Å². The Morgan fingerprint density at radius 3 is 1.83 bits per heavy atom. The fourth-order valence-corrected chi connectivity index (χ4v) is 2.38. The van der Waals surface area contributed by atoms with Crippen LogP contribution in [0.1, 0.15) is 0 Å². The van der Waals surface area contributed by atoms with Gasteiger partial charge in [-0.1, -0.05) is 12.1 Å². The molecule has 0 aliphatic carbocycles.